The normalized spacial score (nSPS) is 15.4. The molecule has 1 saturated heterocycles. The van der Waals surface area contributed by atoms with E-state index >= 15 is 0 Å². The van der Waals surface area contributed by atoms with Gasteiger partial charge in [0.15, 0.2) is 0 Å². The van der Waals surface area contributed by atoms with Crippen LogP contribution in [-0.4, -0.2) is 41.0 Å². The van der Waals surface area contributed by atoms with Gasteiger partial charge in [-0.2, -0.15) is 13.2 Å². The maximum atomic E-state index is 13.0. The van der Waals surface area contributed by atoms with Crippen molar-refractivity contribution in [3.63, 3.8) is 0 Å². The van der Waals surface area contributed by atoms with Crippen molar-refractivity contribution < 1.29 is 32.3 Å². The molecule has 0 aromatic heterocycles. The summed E-state index contributed by atoms with van der Waals surface area (Å²) in [6.07, 6.45) is -3.38. The third-order valence-electron chi connectivity index (χ3n) is 6.29. The average molecular weight is 554 g/mol. The highest BCUT2D eigenvalue weighted by molar-refractivity contribution is 5.99. The zero-order valence-corrected chi connectivity index (χ0v) is 22.3. The van der Waals surface area contributed by atoms with Crippen LogP contribution in [-0.2, 0) is 15.7 Å². The second-order valence-corrected chi connectivity index (χ2v) is 10.5. The molecule has 1 heterocycles. The van der Waals surface area contributed by atoms with Crippen LogP contribution in [0.25, 0.3) is 11.1 Å². The molecule has 2 N–H and O–H groups in total. The summed E-state index contributed by atoms with van der Waals surface area (Å²) in [6, 6.07) is 17.1. The number of anilines is 2. The van der Waals surface area contributed by atoms with Crippen LogP contribution in [0, 0.1) is 0 Å². The lowest BCUT2D eigenvalue weighted by Crippen LogP contribution is -2.45. The Morgan fingerprint density at radius 2 is 1.32 bits per heavy atom. The molecule has 3 aromatic carbocycles. The van der Waals surface area contributed by atoms with Crippen LogP contribution in [0.4, 0.5) is 29.3 Å². The number of hydrogen-bond donors (Lipinski definition) is 2. The average Bonchev–Trinajstić information content (AvgIpc) is 3.39. The molecular weight excluding hydrogens is 523 g/mol. The summed E-state index contributed by atoms with van der Waals surface area (Å²) in [5.74, 6) is -0.749. The summed E-state index contributed by atoms with van der Waals surface area (Å²) in [6.45, 7) is 5.77. The van der Waals surface area contributed by atoms with E-state index in [2.05, 4.69) is 10.6 Å². The Labute approximate surface area is 230 Å². The van der Waals surface area contributed by atoms with Gasteiger partial charge in [0.2, 0.25) is 5.91 Å². The lowest BCUT2D eigenvalue weighted by molar-refractivity contribution is -0.137. The smallest absolute Gasteiger partial charge is 0.416 e. The van der Waals surface area contributed by atoms with E-state index in [0.29, 0.717) is 30.6 Å². The number of rotatable bonds is 5. The van der Waals surface area contributed by atoms with Crippen LogP contribution in [0.2, 0.25) is 0 Å². The van der Waals surface area contributed by atoms with Gasteiger partial charge in [0.25, 0.3) is 0 Å². The summed E-state index contributed by atoms with van der Waals surface area (Å²) < 4.78 is 43.7. The highest BCUT2D eigenvalue weighted by atomic mass is 19.4. The fraction of sp³-hybridized carbons (Fsp3) is 0.300. The van der Waals surface area contributed by atoms with Gasteiger partial charge in [0, 0.05) is 17.9 Å². The molecular formula is C30H30F3N3O4. The van der Waals surface area contributed by atoms with E-state index in [-0.39, 0.29) is 11.6 Å². The molecule has 4 rings (SSSR count). The lowest BCUT2D eigenvalue weighted by Gasteiger charge is -2.24. The van der Waals surface area contributed by atoms with Crippen molar-refractivity contribution in [3.05, 3.63) is 83.9 Å². The van der Waals surface area contributed by atoms with E-state index in [4.69, 9.17) is 4.74 Å². The number of esters is 1. The van der Waals surface area contributed by atoms with Crippen LogP contribution >= 0.6 is 0 Å². The van der Waals surface area contributed by atoms with Crippen LogP contribution in [0.15, 0.2) is 72.8 Å². The number of hydrogen-bond acceptors (Lipinski definition) is 4. The van der Waals surface area contributed by atoms with Gasteiger partial charge in [-0.15, -0.1) is 0 Å². The number of carbonyl (C=O) groups is 3. The van der Waals surface area contributed by atoms with Gasteiger partial charge in [0.1, 0.15) is 11.6 Å². The Hall–Kier alpha value is -4.34. The van der Waals surface area contributed by atoms with Crippen LogP contribution in [0.3, 0.4) is 0 Å². The summed E-state index contributed by atoms with van der Waals surface area (Å²) in [4.78, 5) is 39.4. The Kier molecular flexibility index (Phi) is 8.18. The van der Waals surface area contributed by atoms with Crippen molar-refractivity contribution in [2.45, 2.75) is 51.4 Å². The molecule has 1 aliphatic heterocycles. The molecule has 0 spiro atoms. The van der Waals surface area contributed by atoms with Gasteiger partial charge in [-0.05, 0) is 93.3 Å². The summed E-state index contributed by atoms with van der Waals surface area (Å²) >= 11 is 0. The number of likely N-dealkylation sites (tertiary alicyclic amines) is 1. The molecule has 0 radical (unpaired) electrons. The van der Waals surface area contributed by atoms with Gasteiger partial charge >= 0.3 is 18.2 Å². The molecule has 0 unspecified atom stereocenters. The monoisotopic (exact) mass is 553 g/mol. The fourth-order valence-corrected chi connectivity index (χ4v) is 4.33. The number of benzene rings is 3. The number of alkyl halides is 3. The number of ether oxygens (including phenoxy) is 1. The first-order valence-corrected chi connectivity index (χ1v) is 12.8. The standard InChI is InChI=1S/C30H30F3N3O4/c1-29(2,3)40-27(38)21-8-6-19(7-9-21)20-10-14-23(15-11-20)34-26(37)25-5-4-18-36(25)28(39)35-24-16-12-22(13-17-24)30(31,32)33/h6-17,25H,4-5,18H2,1-3H3,(H,34,37)(H,35,39)/t25-/m1/s1. The van der Waals surface area contributed by atoms with Gasteiger partial charge < -0.3 is 20.3 Å². The van der Waals surface area contributed by atoms with Crippen molar-refractivity contribution in [1.82, 2.24) is 4.90 Å². The third-order valence-corrected chi connectivity index (χ3v) is 6.29. The molecule has 1 fully saturated rings. The van der Waals surface area contributed by atoms with E-state index in [1.165, 1.54) is 17.0 Å². The number of urea groups is 1. The predicted octanol–water partition coefficient (Wildman–Crippen LogP) is 6.96. The third kappa shape index (κ3) is 7.19. The zero-order valence-electron chi connectivity index (χ0n) is 22.3. The topological polar surface area (TPSA) is 87.7 Å². The van der Waals surface area contributed by atoms with Crippen LogP contribution < -0.4 is 10.6 Å². The molecule has 210 valence electrons. The largest absolute Gasteiger partial charge is 0.456 e. The van der Waals surface area contributed by atoms with E-state index in [0.717, 1.165) is 23.3 Å². The van der Waals surface area contributed by atoms with Crippen molar-refractivity contribution >= 4 is 29.3 Å². The number of amides is 3. The van der Waals surface area contributed by atoms with Crippen LogP contribution in [0.5, 0.6) is 0 Å². The molecule has 10 heteroatoms. The summed E-state index contributed by atoms with van der Waals surface area (Å²) in [5.41, 5.74) is 1.58. The van der Waals surface area contributed by atoms with Gasteiger partial charge in [-0.1, -0.05) is 24.3 Å². The summed E-state index contributed by atoms with van der Waals surface area (Å²) in [5, 5.41) is 5.40. The second-order valence-electron chi connectivity index (χ2n) is 10.5. The van der Waals surface area contributed by atoms with Crippen molar-refractivity contribution in [2.24, 2.45) is 0 Å². The Bertz CT molecular complexity index is 1360. The molecule has 3 aromatic rings. The highest BCUT2D eigenvalue weighted by Crippen LogP contribution is 2.30. The van der Waals surface area contributed by atoms with Gasteiger partial charge in [0.05, 0.1) is 11.1 Å². The van der Waals surface area contributed by atoms with E-state index in [9.17, 15) is 27.6 Å². The lowest BCUT2D eigenvalue weighted by atomic mass is 10.0. The molecule has 1 aliphatic rings. The Morgan fingerprint density at radius 3 is 1.88 bits per heavy atom. The van der Waals surface area contributed by atoms with E-state index in [1.807, 2.05) is 45.0 Å². The maximum Gasteiger partial charge on any atom is 0.416 e. The Morgan fingerprint density at radius 1 is 0.800 bits per heavy atom. The molecule has 0 bridgehead atoms. The van der Waals surface area contributed by atoms with Gasteiger partial charge in [-0.3, -0.25) is 4.79 Å². The first kappa shape index (κ1) is 28.7. The quantitative estimate of drug-likeness (QED) is 0.334. The van der Waals surface area contributed by atoms with Gasteiger partial charge in [-0.25, -0.2) is 9.59 Å². The predicted molar refractivity (Wildman–Crippen MR) is 146 cm³/mol. The van der Waals surface area contributed by atoms with Crippen molar-refractivity contribution in [3.8, 4) is 11.1 Å². The zero-order chi connectivity index (χ0) is 29.1. The molecule has 0 saturated carbocycles. The molecule has 40 heavy (non-hydrogen) atoms. The summed E-state index contributed by atoms with van der Waals surface area (Å²) in [7, 11) is 0. The van der Waals surface area contributed by atoms with E-state index < -0.39 is 35.4 Å². The minimum atomic E-state index is -4.47. The maximum absolute atomic E-state index is 13.0. The number of nitrogens with zero attached hydrogens (tertiary/aromatic N) is 1. The fourth-order valence-electron chi connectivity index (χ4n) is 4.33. The van der Waals surface area contributed by atoms with Crippen molar-refractivity contribution in [1.29, 1.82) is 0 Å². The SMILES string of the molecule is CC(C)(C)OC(=O)c1ccc(-c2ccc(NC(=O)[C@H]3CCCN3C(=O)Nc3ccc(C(F)(F)F)cc3)cc2)cc1. The molecule has 1 atom stereocenters. The highest BCUT2D eigenvalue weighted by Gasteiger charge is 2.34. The van der Waals surface area contributed by atoms with Crippen LogP contribution in [0.1, 0.15) is 49.5 Å². The first-order valence-electron chi connectivity index (χ1n) is 12.8. The van der Waals surface area contributed by atoms with E-state index in [1.54, 1.807) is 24.3 Å². The van der Waals surface area contributed by atoms with Crippen molar-refractivity contribution in [2.75, 3.05) is 17.2 Å². The number of halogens is 3. The molecule has 0 aliphatic carbocycles. The first-order chi connectivity index (χ1) is 18.8. The molecule has 3 amide bonds. The second kappa shape index (κ2) is 11.4. The molecule has 7 nitrogen and oxygen atoms in total. The minimum absolute atomic E-state index is 0.207. The Balaban J connectivity index is 1.35. The minimum Gasteiger partial charge on any atom is -0.456 e. The number of nitrogens with one attached hydrogen (secondary N) is 2. The number of carbonyl (C=O) groups excluding carboxylic acids is 3.